The molecule has 0 aliphatic carbocycles. The van der Waals surface area contributed by atoms with Gasteiger partial charge in [0, 0.05) is 39.0 Å². The van der Waals surface area contributed by atoms with Crippen LogP contribution in [0.5, 0.6) is 0 Å². The molecule has 1 fully saturated rings. The minimum atomic E-state index is -0.800. The minimum Gasteiger partial charge on any atom is -0.462 e. The molecule has 0 aromatic carbocycles. The molecule has 0 N–H and O–H groups in total. The Bertz CT molecular complexity index is 665. The molecule has 0 aromatic rings. The van der Waals surface area contributed by atoms with Crippen LogP contribution in [0.4, 0.5) is 4.79 Å². The van der Waals surface area contributed by atoms with Gasteiger partial charge in [-0.25, -0.2) is 4.79 Å². The average Bonchev–Trinajstić information content (AvgIpc) is 2.87. The Morgan fingerprint density at radius 1 is 0.718 bits per heavy atom. The molecular weight excluding hydrogens is 496 g/mol. The Morgan fingerprint density at radius 2 is 1.18 bits per heavy atom. The van der Waals surface area contributed by atoms with Crippen molar-refractivity contribution >= 4 is 18.0 Å². The van der Waals surface area contributed by atoms with Crippen molar-refractivity contribution in [3.8, 4) is 0 Å². The Labute approximate surface area is 238 Å². The highest BCUT2D eigenvalue weighted by Gasteiger charge is 2.34. The maximum atomic E-state index is 12.6. The summed E-state index contributed by atoms with van der Waals surface area (Å²) in [5.74, 6) is -0.643. The molecule has 0 bridgehead atoms. The van der Waals surface area contributed by atoms with Crippen molar-refractivity contribution in [3.05, 3.63) is 0 Å². The number of hydrogen-bond acceptors (Lipinski definition) is 7. The van der Waals surface area contributed by atoms with Crippen molar-refractivity contribution in [2.75, 3.05) is 33.4 Å². The smallest absolute Gasteiger partial charge is 0.409 e. The maximum absolute atomic E-state index is 12.6. The lowest BCUT2D eigenvalue weighted by atomic mass is 10.1. The van der Waals surface area contributed by atoms with Crippen molar-refractivity contribution < 1.29 is 28.6 Å². The molecule has 1 aliphatic heterocycles. The third-order valence-electron chi connectivity index (χ3n) is 7.55. The number of esters is 2. The third-order valence-corrected chi connectivity index (χ3v) is 7.55. The molecule has 0 spiro atoms. The molecule has 228 valence electrons. The molecule has 39 heavy (non-hydrogen) atoms. The molecule has 0 saturated carbocycles. The van der Waals surface area contributed by atoms with Gasteiger partial charge in [0.15, 0.2) is 6.10 Å². The Balaban J connectivity index is 2.43. The molecule has 1 atom stereocenters. The summed E-state index contributed by atoms with van der Waals surface area (Å²) in [5.41, 5.74) is 0. The number of carbonyl (C=O) groups is 3. The number of ether oxygens (including phenoxy) is 3. The predicted molar refractivity (Wildman–Crippen MR) is 156 cm³/mol. The van der Waals surface area contributed by atoms with E-state index in [0.29, 0.717) is 18.9 Å². The normalized spacial score (nSPS) is 14.6. The SMILES string of the molecule is CCCCCCCCCC(=O)OCC(COC(=O)N(C)C1CN(C(C)C)C1)OC(=O)CCCCCCCCC. The first kappa shape index (κ1) is 35.2. The van der Waals surface area contributed by atoms with Crippen molar-refractivity contribution in [1.29, 1.82) is 0 Å². The van der Waals surface area contributed by atoms with Crippen molar-refractivity contribution in [3.63, 3.8) is 0 Å². The van der Waals surface area contributed by atoms with E-state index in [4.69, 9.17) is 14.2 Å². The quantitative estimate of drug-likeness (QED) is 0.0773. The van der Waals surface area contributed by atoms with Crippen LogP contribution in [-0.4, -0.2) is 79.4 Å². The Hall–Kier alpha value is -1.83. The van der Waals surface area contributed by atoms with Gasteiger partial charge in [0.2, 0.25) is 0 Å². The average molecular weight is 555 g/mol. The standard InChI is InChI=1S/C31H58N2O6/c1-6-8-10-12-14-16-18-20-29(34)37-24-28(39-30(35)21-19-17-15-13-11-9-7-2)25-38-31(36)32(5)27-22-33(23-27)26(3)4/h26-28H,6-25H2,1-5H3. The molecule has 8 heteroatoms. The Morgan fingerprint density at radius 3 is 1.69 bits per heavy atom. The molecular formula is C31H58N2O6. The molecule has 1 unspecified atom stereocenters. The summed E-state index contributed by atoms with van der Waals surface area (Å²) < 4.78 is 16.5. The van der Waals surface area contributed by atoms with Crippen LogP contribution < -0.4 is 0 Å². The summed E-state index contributed by atoms with van der Waals surface area (Å²) in [7, 11) is 1.73. The zero-order chi connectivity index (χ0) is 28.9. The van der Waals surface area contributed by atoms with Gasteiger partial charge in [-0.3, -0.25) is 14.5 Å². The van der Waals surface area contributed by atoms with Crippen LogP contribution in [0.2, 0.25) is 0 Å². The van der Waals surface area contributed by atoms with E-state index in [2.05, 4.69) is 32.6 Å². The van der Waals surface area contributed by atoms with E-state index in [1.165, 1.54) is 51.4 Å². The molecule has 1 aliphatic rings. The topological polar surface area (TPSA) is 85.4 Å². The number of rotatable bonds is 23. The number of likely N-dealkylation sites (tertiary alicyclic amines) is 1. The molecule has 1 rings (SSSR count). The highest BCUT2D eigenvalue weighted by molar-refractivity contribution is 5.70. The summed E-state index contributed by atoms with van der Waals surface area (Å²) in [6, 6.07) is 0.555. The summed E-state index contributed by atoms with van der Waals surface area (Å²) >= 11 is 0. The van der Waals surface area contributed by atoms with Crippen LogP contribution >= 0.6 is 0 Å². The van der Waals surface area contributed by atoms with E-state index in [0.717, 1.165) is 51.6 Å². The predicted octanol–water partition coefficient (Wildman–Crippen LogP) is 6.88. The summed E-state index contributed by atoms with van der Waals surface area (Å²) in [5, 5.41) is 0. The summed E-state index contributed by atoms with van der Waals surface area (Å²) in [6.45, 7) is 10.1. The fourth-order valence-electron chi connectivity index (χ4n) is 4.64. The van der Waals surface area contributed by atoms with Crippen LogP contribution in [0.15, 0.2) is 0 Å². The van der Waals surface area contributed by atoms with Crippen molar-refractivity contribution in [2.45, 2.75) is 149 Å². The van der Waals surface area contributed by atoms with E-state index in [-0.39, 0.29) is 31.2 Å². The van der Waals surface area contributed by atoms with Gasteiger partial charge in [-0.2, -0.15) is 0 Å². The van der Waals surface area contributed by atoms with E-state index in [1.54, 1.807) is 11.9 Å². The van der Waals surface area contributed by atoms with E-state index in [9.17, 15) is 14.4 Å². The molecule has 0 radical (unpaired) electrons. The van der Waals surface area contributed by atoms with Gasteiger partial charge in [-0.15, -0.1) is 0 Å². The number of unbranched alkanes of at least 4 members (excludes halogenated alkanes) is 12. The fourth-order valence-corrected chi connectivity index (χ4v) is 4.64. The highest BCUT2D eigenvalue weighted by Crippen LogP contribution is 2.17. The van der Waals surface area contributed by atoms with Gasteiger partial charge >= 0.3 is 18.0 Å². The first-order valence-corrected chi connectivity index (χ1v) is 15.8. The number of hydrogen-bond donors (Lipinski definition) is 0. The largest absolute Gasteiger partial charge is 0.462 e. The van der Waals surface area contributed by atoms with Crippen LogP contribution in [0.1, 0.15) is 130 Å². The lowest BCUT2D eigenvalue weighted by molar-refractivity contribution is -0.161. The van der Waals surface area contributed by atoms with Gasteiger partial charge < -0.3 is 19.1 Å². The number of carbonyl (C=O) groups excluding carboxylic acids is 3. The maximum Gasteiger partial charge on any atom is 0.409 e. The van der Waals surface area contributed by atoms with Gasteiger partial charge in [0.25, 0.3) is 0 Å². The lowest BCUT2D eigenvalue weighted by Crippen LogP contribution is -2.61. The van der Waals surface area contributed by atoms with Crippen LogP contribution in [0.3, 0.4) is 0 Å². The van der Waals surface area contributed by atoms with Gasteiger partial charge in [0.05, 0.1) is 6.04 Å². The number of nitrogens with zero attached hydrogens (tertiary/aromatic N) is 2. The third kappa shape index (κ3) is 16.8. The van der Waals surface area contributed by atoms with Crippen LogP contribution in [0.25, 0.3) is 0 Å². The minimum absolute atomic E-state index is 0.0976. The van der Waals surface area contributed by atoms with Crippen molar-refractivity contribution in [2.24, 2.45) is 0 Å². The second kappa shape index (κ2) is 21.9. The van der Waals surface area contributed by atoms with Gasteiger partial charge in [-0.05, 0) is 26.7 Å². The van der Waals surface area contributed by atoms with E-state index in [1.807, 2.05) is 0 Å². The second-order valence-electron chi connectivity index (χ2n) is 11.4. The molecule has 8 nitrogen and oxygen atoms in total. The Kier molecular flexibility index (Phi) is 19.8. The van der Waals surface area contributed by atoms with Crippen molar-refractivity contribution in [1.82, 2.24) is 9.80 Å². The number of amides is 1. The van der Waals surface area contributed by atoms with E-state index >= 15 is 0 Å². The molecule has 0 aromatic heterocycles. The first-order valence-electron chi connectivity index (χ1n) is 15.8. The van der Waals surface area contributed by atoms with Gasteiger partial charge in [0.1, 0.15) is 13.2 Å². The summed E-state index contributed by atoms with van der Waals surface area (Å²) in [4.78, 5) is 41.2. The second-order valence-corrected chi connectivity index (χ2v) is 11.4. The highest BCUT2D eigenvalue weighted by atomic mass is 16.6. The van der Waals surface area contributed by atoms with Gasteiger partial charge in [-0.1, -0.05) is 90.9 Å². The first-order chi connectivity index (χ1) is 18.8. The number of likely N-dealkylation sites (N-methyl/N-ethyl adjacent to an activating group) is 1. The van der Waals surface area contributed by atoms with Crippen LogP contribution in [-0.2, 0) is 23.8 Å². The monoisotopic (exact) mass is 554 g/mol. The zero-order valence-electron chi connectivity index (χ0n) is 25.7. The molecule has 1 saturated heterocycles. The lowest BCUT2D eigenvalue weighted by Gasteiger charge is -2.45. The fraction of sp³-hybridized carbons (Fsp3) is 0.903. The zero-order valence-corrected chi connectivity index (χ0v) is 25.7. The van der Waals surface area contributed by atoms with Crippen LogP contribution in [0, 0.1) is 0 Å². The summed E-state index contributed by atoms with van der Waals surface area (Å²) in [6.07, 6.45) is 15.1. The van der Waals surface area contributed by atoms with E-state index < -0.39 is 12.2 Å². The molecule has 1 amide bonds. The molecule has 1 heterocycles.